The van der Waals surface area contributed by atoms with Crippen LogP contribution in [0.1, 0.15) is 30.4 Å². The van der Waals surface area contributed by atoms with Crippen molar-refractivity contribution < 1.29 is 33.0 Å². The molecule has 8 heteroatoms. The van der Waals surface area contributed by atoms with Crippen LogP contribution in [0, 0.1) is 0 Å². The van der Waals surface area contributed by atoms with Crippen molar-refractivity contribution in [2.24, 2.45) is 0 Å². The van der Waals surface area contributed by atoms with Crippen LogP contribution >= 0.6 is 0 Å². The first-order valence-corrected chi connectivity index (χ1v) is 13.5. The lowest BCUT2D eigenvalue weighted by atomic mass is 10.1. The Bertz CT molecular complexity index is 1160. The monoisotopic (exact) mass is 553 g/mol. The smallest absolute Gasteiger partial charge is 0.163 e. The molecule has 0 aliphatic heterocycles. The van der Waals surface area contributed by atoms with E-state index in [4.69, 9.17) is 18.9 Å². The maximum atomic E-state index is 12.4. The maximum absolute atomic E-state index is 12.4. The first-order chi connectivity index (χ1) is 19.0. The topological polar surface area (TPSA) is 74.3 Å². The van der Waals surface area contributed by atoms with Crippen molar-refractivity contribution in [1.82, 2.24) is 4.90 Å². The Morgan fingerprint density at radius 3 is 1.65 bits per heavy atom. The van der Waals surface area contributed by atoms with Gasteiger partial charge < -0.3 is 28.3 Å². The summed E-state index contributed by atoms with van der Waals surface area (Å²) < 4.78 is 23.5. The lowest BCUT2D eigenvalue weighted by molar-refractivity contribution is -0.870. The number of benzene rings is 2. The fourth-order valence-electron chi connectivity index (χ4n) is 3.77. The van der Waals surface area contributed by atoms with Gasteiger partial charge in [-0.1, -0.05) is 24.3 Å². The van der Waals surface area contributed by atoms with E-state index in [9.17, 15) is 9.59 Å². The van der Waals surface area contributed by atoms with Gasteiger partial charge >= 0.3 is 0 Å². The summed E-state index contributed by atoms with van der Waals surface area (Å²) >= 11 is 0. The summed E-state index contributed by atoms with van der Waals surface area (Å²) in [5.74, 6) is 1.93. The number of quaternary nitrogens is 1. The van der Waals surface area contributed by atoms with Gasteiger partial charge in [-0.15, -0.1) is 0 Å². The van der Waals surface area contributed by atoms with E-state index < -0.39 is 0 Å². The van der Waals surface area contributed by atoms with Crippen molar-refractivity contribution in [3.8, 4) is 23.0 Å². The molecule has 0 bridgehead atoms. The molecule has 2 rings (SSSR count). The van der Waals surface area contributed by atoms with Crippen molar-refractivity contribution in [1.29, 1.82) is 0 Å². The molecule has 0 saturated carbocycles. The number of rotatable bonds is 18. The Morgan fingerprint density at radius 2 is 1.23 bits per heavy atom. The van der Waals surface area contributed by atoms with Crippen molar-refractivity contribution in [2.75, 3.05) is 75.8 Å². The first kappa shape index (κ1) is 32.6. The molecule has 0 N–H and O–H groups in total. The third kappa shape index (κ3) is 12.5. The van der Waals surface area contributed by atoms with E-state index in [1.54, 1.807) is 32.4 Å². The molecule has 2 aromatic carbocycles. The minimum absolute atomic E-state index is 0.220. The van der Waals surface area contributed by atoms with E-state index >= 15 is 0 Å². The lowest BCUT2D eigenvalue weighted by Crippen LogP contribution is -2.35. The van der Waals surface area contributed by atoms with Gasteiger partial charge in [0.25, 0.3) is 0 Å². The maximum Gasteiger partial charge on any atom is 0.163 e. The predicted molar refractivity (Wildman–Crippen MR) is 160 cm³/mol. The van der Waals surface area contributed by atoms with Crippen LogP contribution in [0.4, 0.5) is 0 Å². The number of ether oxygens (including phenoxy) is 4. The molecule has 0 spiro atoms. The molecule has 0 aliphatic carbocycles. The Morgan fingerprint density at radius 1 is 0.750 bits per heavy atom. The molecule has 40 heavy (non-hydrogen) atoms. The average molecular weight is 554 g/mol. The summed E-state index contributed by atoms with van der Waals surface area (Å²) in [4.78, 5) is 26.9. The quantitative estimate of drug-likeness (QED) is 0.114. The summed E-state index contributed by atoms with van der Waals surface area (Å²) in [5, 5.41) is 0. The van der Waals surface area contributed by atoms with E-state index in [0.717, 1.165) is 41.5 Å². The zero-order chi connectivity index (χ0) is 29.5. The molecular formula is C32H45N2O6+. The molecule has 0 amide bonds. The van der Waals surface area contributed by atoms with Crippen molar-refractivity contribution in [3.05, 3.63) is 59.7 Å². The summed E-state index contributed by atoms with van der Waals surface area (Å²) in [6.45, 7) is 3.12. The molecule has 0 aliphatic rings. The number of ketones is 2. The normalized spacial score (nSPS) is 11.8. The minimum Gasteiger partial charge on any atom is -0.493 e. The van der Waals surface area contributed by atoms with Crippen LogP contribution in [0.25, 0.3) is 12.2 Å². The Kier molecular flexibility index (Phi) is 13.4. The van der Waals surface area contributed by atoms with Gasteiger partial charge in [0, 0.05) is 13.0 Å². The SMILES string of the molecule is COc1cc(/C=C/C(=O)CC(=O)/C=C/c2ccc(OCCC[N+](C)(C)C)c(OC)c2)ccc1OCCCN(C)C. The highest BCUT2D eigenvalue weighted by atomic mass is 16.5. The number of allylic oxidation sites excluding steroid dienone is 2. The van der Waals surface area contributed by atoms with Crippen LogP contribution in [-0.4, -0.2) is 96.7 Å². The van der Waals surface area contributed by atoms with Crippen LogP contribution in [0.15, 0.2) is 48.6 Å². The van der Waals surface area contributed by atoms with E-state index in [1.807, 2.05) is 44.4 Å². The third-order valence-corrected chi connectivity index (χ3v) is 5.89. The highest BCUT2D eigenvalue weighted by molar-refractivity contribution is 6.10. The van der Waals surface area contributed by atoms with Crippen molar-refractivity contribution in [2.45, 2.75) is 19.3 Å². The fourth-order valence-corrected chi connectivity index (χ4v) is 3.77. The molecule has 218 valence electrons. The van der Waals surface area contributed by atoms with Gasteiger partial charge in [0.1, 0.15) is 0 Å². The van der Waals surface area contributed by atoms with Gasteiger partial charge in [0.05, 0.1) is 61.5 Å². The van der Waals surface area contributed by atoms with Crippen molar-refractivity contribution >= 4 is 23.7 Å². The number of carbonyl (C=O) groups is 2. The Hall–Kier alpha value is -3.62. The highest BCUT2D eigenvalue weighted by Crippen LogP contribution is 2.30. The van der Waals surface area contributed by atoms with Gasteiger partial charge in [0.15, 0.2) is 34.6 Å². The van der Waals surface area contributed by atoms with Crippen LogP contribution in [-0.2, 0) is 9.59 Å². The van der Waals surface area contributed by atoms with Gasteiger partial charge in [0.2, 0.25) is 0 Å². The lowest BCUT2D eigenvalue weighted by Gasteiger charge is -2.23. The summed E-state index contributed by atoms with van der Waals surface area (Å²) in [6.07, 6.45) is 7.77. The van der Waals surface area contributed by atoms with Crippen LogP contribution in [0.5, 0.6) is 23.0 Å². The van der Waals surface area contributed by atoms with Crippen LogP contribution in [0.3, 0.4) is 0 Å². The zero-order valence-electron chi connectivity index (χ0n) is 25.1. The Balaban J connectivity index is 1.89. The second-order valence-corrected chi connectivity index (χ2v) is 10.8. The molecule has 2 aromatic rings. The summed E-state index contributed by atoms with van der Waals surface area (Å²) in [5.41, 5.74) is 1.56. The van der Waals surface area contributed by atoms with E-state index in [2.05, 4.69) is 26.0 Å². The number of methoxy groups -OCH3 is 2. The molecule has 0 aromatic heterocycles. The largest absolute Gasteiger partial charge is 0.493 e. The molecule has 0 atom stereocenters. The number of hydrogen-bond acceptors (Lipinski definition) is 7. The van der Waals surface area contributed by atoms with Gasteiger partial charge in [-0.2, -0.15) is 0 Å². The molecule has 8 nitrogen and oxygen atoms in total. The first-order valence-electron chi connectivity index (χ1n) is 13.5. The standard InChI is InChI=1S/C32H45N2O6/c1-33(2)18-8-20-39-29-16-12-25(22-31(29)37-6)10-14-27(35)24-28(36)15-11-26-13-17-30(32(23-26)38-7)40-21-9-19-34(3,4)5/h10-17,22-23H,8-9,18-21,24H2,1-7H3/q+1/b14-10+,15-11+. The van der Waals surface area contributed by atoms with E-state index in [-0.39, 0.29) is 18.0 Å². The number of nitrogens with zero attached hydrogens (tertiary/aromatic N) is 2. The van der Waals surface area contributed by atoms with Gasteiger partial charge in [-0.25, -0.2) is 0 Å². The number of hydrogen-bond donors (Lipinski definition) is 0. The molecular weight excluding hydrogens is 508 g/mol. The zero-order valence-corrected chi connectivity index (χ0v) is 25.1. The van der Waals surface area contributed by atoms with Gasteiger partial charge in [-0.3, -0.25) is 9.59 Å². The number of carbonyl (C=O) groups excluding carboxylic acids is 2. The molecule has 0 unspecified atom stereocenters. The minimum atomic E-state index is -0.284. The molecule has 0 heterocycles. The molecule has 0 saturated heterocycles. The van der Waals surface area contributed by atoms with E-state index in [0.29, 0.717) is 36.2 Å². The summed E-state index contributed by atoms with van der Waals surface area (Å²) in [6, 6.07) is 11.0. The predicted octanol–water partition coefficient (Wildman–Crippen LogP) is 4.76. The van der Waals surface area contributed by atoms with E-state index in [1.165, 1.54) is 12.2 Å². The second-order valence-electron chi connectivity index (χ2n) is 10.8. The third-order valence-electron chi connectivity index (χ3n) is 5.89. The Labute approximate surface area is 239 Å². The molecule has 0 radical (unpaired) electrons. The van der Waals surface area contributed by atoms with Crippen LogP contribution in [0.2, 0.25) is 0 Å². The highest BCUT2D eigenvalue weighted by Gasteiger charge is 2.10. The van der Waals surface area contributed by atoms with Gasteiger partial charge in [-0.05, 0) is 68.1 Å². The second kappa shape index (κ2) is 16.5. The fraction of sp³-hybridized carbons (Fsp3) is 0.438. The average Bonchev–Trinajstić information content (AvgIpc) is 2.91. The summed E-state index contributed by atoms with van der Waals surface area (Å²) in [7, 11) is 13.6. The molecule has 0 fully saturated rings. The van der Waals surface area contributed by atoms with Crippen molar-refractivity contribution in [3.63, 3.8) is 0 Å². The van der Waals surface area contributed by atoms with Crippen LogP contribution < -0.4 is 18.9 Å².